The maximum atomic E-state index is 5.89. The summed E-state index contributed by atoms with van der Waals surface area (Å²) in [6.45, 7) is 6.58. The van der Waals surface area contributed by atoms with Gasteiger partial charge in [0.25, 0.3) is 0 Å². The number of piperazine rings is 1. The van der Waals surface area contributed by atoms with Gasteiger partial charge in [0.1, 0.15) is 11.5 Å². The van der Waals surface area contributed by atoms with Gasteiger partial charge in [-0.05, 0) is 37.8 Å². The van der Waals surface area contributed by atoms with E-state index in [9.17, 15) is 0 Å². The molecule has 1 aliphatic heterocycles. The molecule has 0 amide bonds. The van der Waals surface area contributed by atoms with Crippen molar-refractivity contribution in [3.63, 3.8) is 0 Å². The highest BCUT2D eigenvalue weighted by Gasteiger charge is 2.35. The van der Waals surface area contributed by atoms with E-state index in [-0.39, 0.29) is 0 Å². The molecule has 1 aromatic rings. The van der Waals surface area contributed by atoms with Crippen molar-refractivity contribution in [2.24, 2.45) is 5.92 Å². The van der Waals surface area contributed by atoms with E-state index >= 15 is 0 Å². The van der Waals surface area contributed by atoms with Crippen LogP contribution in [0.5, 0.6) is 0 Å². The van der Waals surface area contributed by atoms with Crippen LogP contribution in [0.4, 0.5) is 0 Å². The second-order valence-corrected chi connectivity index (χ2v) is 5.37. The van der Waals surface area contributed by atoms with Gasteiger partial charge in [-0.1, -0.05) is 6.42 Å². The molecule has 0 aromatic carbocycles. The number of rotatable bonds is 3. The van der Waals surface area contributed by atoms with Gasteiger partial charge in [0, 0.05) is 26.2 Å². The largest absolute Gasteiger partial charge is 0.465 e. The first-order valence-corrected chi connectivity index (χ1v) is 6.86. The quantitative estimate of drug-likeness (QED) is 0.870. The second kappa shape index (κ2) is 4.83. The Morgan fingerprint density at radius 1 is 1.29 bits per heavy atom. The zero-order chi connectivity index (χ0) is 11.7. The Kier molecular flexibility index (Phi) is 3.21. The van der Waals surface area contributed by atoms with E-state index in [0.29, 0.717) is 6.04 Å². The molecule has 1 atom stereocenters. The number of nitrogens with zero attached hydrogens (tertiary/aromatic N) is 1. The van der Waals surface area contributed by atoms with Crippen molar-refractivity contribution in [1.82, 2.24) is 10.2 Å². The van der Waals surface area contributed by atoms with Gasteiger partial charge in [-0.3, -0.25) is 4.90 Å². The molecule has 0 unspecified atom stereocenters. The molecule has 0 radical (unpaired) electrons. The fourth-order valence-electron chi connectivity index (χ4n) is 3.04. The Bertz CT molecular complexity index is 364. The molecule has 2 heterocycles. The molecular formula is C14H22N2O. The van der Waals surface area contributed by atoms with E-state index < -0.39 is 0 Å². The lowest BCUT2D eigenvalue weighted by Gasteiger charge is -2.41. The minimum Gasteiger partial charge on any atom is -0.465 e. The van der Waals surface area contributed by atoms with Gasteiger partial charge < -0.3 is 9.73 Å². The number of hydrogen-bond donors (Lipinski definition) is 1. The van der Waals surface area contributed by atoms with Crippen LogP contribution in [0, 0.1) is 12.8 Å². The minimum absolute atomic E-state index is 0.527. The van der Waals surface area contributed by atoms with Gasteiger partial charge in [0.05, 0.1) is 6.04 Å². The molecule has 2 aliphatic rings. The summed E-state index contributed by atoms with van der Waals surface area (Å²) < 4.78 is 5.89. The molecule has 0 bridgehead atoms. The summed E-state index contributed by atoms with van der Waals surface area (Å²) >= 11 is 0. The Morgan fingerprint density at radius 3 is 2.59 bits per heavy atom. The van der Waals surface area contributed by atoms with E-state index in [1.165, 1.54) is 25.0 Å². The van der Waals surface area contributed by atoms with Crippen LogP contribution in [0.1, 0.15) is 36.8 Å². The Hall–Kier alpha value is -0.800. The molecule has 3 rings (SSSR count). The van der Waals surface area contributed by atoms with Gasteiger partial charge >= 0.3 is 0 Å². The van der Waals surface area contributed by atoms with E-state index in [1.807, 2.05) is 6.92 Å². The summed E-state index contributed by atoms with van der Waals surface area (Å²) in [6.07, 6.45) is 4.13. The predicted octanol–water partition coefficient (Wildman–Crippen LogP) is 2.33. The molecule has 1 N–H and O–H groups in total. The first kappa shape index (κ1) is 11.3. The molecule has 3 nitrogen and oxygen atoms in total. The number of furan rings is 1. The zero-order valence-corrected chi connectivity index (χ0v) is 10.6. The van der Waals surface area contributed by atoms with Crippen molar-refractivity contribution in [2.45, 2.75) is 32.2 Å². The van der Waals surface area contributed by atoms with E-state index in [0.717, 1.165) is 37.9 Å². The predicted molar refractivity (Wildman–Crippen MR) is 68.0 cm³/mol. The third-order valence-electron chi connectivity index (χ3n) is 4.19. The molecule has 1 saturated heterocycles. The lowest BCUT2D eigenvalue weighted by molar-refractivity contribution is 0.0679. The lowest BCUT2D eigenvalue weighted by Crippen LogP contribution is -2.47. The highest BCUT2D eigenvalue weighted by Crippen LogP contribution is 2.41. The van der Waals surface area contributed by atoms with Gasteiger partial charge in [-0.25, -0.2) is 0 Å². The highest BCUT2D eigenvalue weighted by atomic mass is 16.3. The first-order chi connectivity index (χ1) is 8.34. The van der Waals surface area contributed by atoms with Crippen molar-refractivity contribution in [3.8, 4) is 0 Å². The average molecular weight is 234 g/mol. The van der Waals surface area contributed by atoms with Crippen molar-refractivity contribution in [3.05, 3.63) is 23.7 Å². The van der Waals surface area contributed by atoms with Gasteiger partial charge in [0.2, 0.25) is 0 Å². The minimum atomic E-state index is 0.527. The number of hydrogen-bond acceptors (Lipinski definition) is 3. The van der Waals surface area contributed by atoms with E-state index in [2.05, 4.69) is 22.3 Å². The summed E-state index contributed by atoms with van der Waals surface area (Å²) in [6, 6.07) is 4.81. The van der Waals surface area contributed by atoms with Crippen molar-refractivity contribution in [2.75, 3.05) is 26.2 Å². The van der Waals surface area contributed by atoms with E-state index in [1.54, 1.807) is 0 Å². The summed E-state index contributed by atoms with van der Waals surface area (Å²) in [4.78, 5) is 2.61. The molecule has 1 saturated carbocycles. The molecule has 94 valence electrons. The first-order valence-electron chi connectivity index (χ1n) is 6.86. The van der Waals surface area contributed by atoms with Crippen LogP contribution in [-0.2, 0) is 0 Å². The Morgan fingerprint density at radius 2 is 2.06 bits per heavy atom. The summed E-state index contributed by atoms with van der Waals surface area (Å²) in [5, 5.41) is 3.43. The zero-order valence-electron chi connectivity index (χ0n) is 10.6. The molecule has 2 fully saturated rings. The average Bonchev–Trinajstić information content (AvgIpc) is 2.71. The lowest BCUT2D eigenvalue weighted by atomic mass is 9.78. The fraction of sp³-hybridized carbons (Fsp3) is 0.714. The number of aryl methyl sites for hydroxylation is 1. The topological polar surface area (TPSA) is 28.4 Å². The van der Waals surface area contributed by atoms with Crippen LogP contribution in [0.15, 0.2) is 16.5 Å². The summed E-state index contributed by atoms with van der Waals surface area (Å²) in [7, 11) is 0. The summed E-state index contributed by atoms with van der Waals surface area (Å²) in [5.74, 6) is 3.05. The monoisotopic (exact) mass is 234 g/mol. The van der Waals surface area contributed by atoms with Crippen molar-refractivity contribution < 1.29 is 4.42 Å². The van der Waals surface area contributed by atoms with Gasteiger partial charge in [-0.15, -0.1) is 0 Å². The van der Waals surface area contributed by atoms with Crippen molar-refractivity contribution >= 4 is 0 Å². The van der Waals surface area contributed by atoms with Gasteiger partial charge in [-0.2, -0.15) is 0 Å². The smallest absolute Gasteiger partial charge is 0.121 e. The van der Waals surface area contributed by atoms with Crippen LogP contribution in [0.3, 0.4) is 0 Å². The standard InChI is InChI=1S/C14H22N2O/c1-11-5-6-13(17-11)14(12-3-2-4-12)16-9-7-15-8-10-16/h5-6,12,14-15H,2-4,7-10H2,1H3/t14-/m1/s1. The third kappa shape index (κ3) is 2.26. The molecule has 1 aliphatic carbocycles. The van der Waals surface area contributed by atoms with E-state index in [4.69, 9.17) is 4.42 Å². The molecular weight excluding hydrogens is 212 g/mol. The molecule has 3 heteroatoms. The fourth-order valence-corrected chi connectivity index (χ4v) is 3.04. The second-order valence-electron chi connectivity index (χ2n) is 5.37. The van der Waals surface area contributed by atoms with Gasteiger partial charge in [0.15, 0.2) is 0 Å². The van der Waals surface area contributed by atoms with Crippen LogP contribution in [-0.4, -0.2) is 31.1 Å². The maximum Gasteiger partial charge on any atom is 0.121 e. The normalized spacial score (nSPS) is 24.5. The Balaban J connectivity index is 1.80. The third-order valence-corrected chi connectivity index (χ3v) is 4.19. The number of nitrogens with one attached hydrogen (secondary N) is 1. The molecule has 1 aromatic heterocycles. The Labute approximate surface area is 103 Å². The van der Waals surface area contributed by atoms with Crippen LogP contribution >= 0.6 is 0 Å². The molecule has 17 heavy (non-hydrogen) atoms. The molecule has 0 spiro atoms. The maximum absolute atomic E-state index is 5.89. The van der Waals surface area contributed by atoms with Crippen LogP contribution in [0.2, 0.25) is 0 Å². The summed E-state index contributed by atoms with van der Waals surface area (Å²) in [5.41, 5.74) is 0. The SMILES string of the molecule is Cc1ccc([C@@H](C2CCC2)N2CCNCC2)o1. The van der Waals surface area contributed by atoms with Crippen LogP contribution < -0.4 is 5.32 Å². The van der Waals surface area contributed by atoms with Crippen molar-refractivity contribution in [1.29, 1.82) is 0 Å². The van der Waals surface area contributed by atoms with Crippen LogP contribution in [0.25, 0.3) is 0 Å². The highest BCUT2D eigenvalue weighted by molar-refractivity contribution is 5.12.